The molecule has 2 aromatic carbocycles. The van der Waals surface area contributed by atoms with E-state index in [0.717, 1.165) is 18.8 Å². The van der Waals surface area contributed by atoms with E-state index in [4.69, 9.17) is 17.0 Å². The summed E-state index contributed by atoms with van der Waals surface area (Å²) < 4.78 is 5.89. The van der Waals surface area contributed by atoms with Crippen LogP contribution in [0.1, 0.15) is 23.2 Å². The quantitative estimate of drug-likeness (QED) is 0.708. The predicted molar refractivity (Wildman–Crippen MR) is 112 cm³/mol. The average Bonchev–Trinajstić information content (AvgIpc) is 3.16. The van der Waals surface area contributed by atoms with Crippen LogP contribution in [0, 0.1) is 0 Å². The number of amides is 1. The molecule has 7 heteroatoms. The minimum Gasteiger partial charge on any atom is -0.496 e. The monoisotopic (exact) mass is 433 g/mol. The van der Waals surface area contributed by atoms with Crippen LogP contribution in [0.25, 0.3) is 0 Å². The molecule has 0 spiro atoms. The van der Waals surface area contributed by atoms with Crippen molar-refractivity contribution in [2.75, 3.05) is 30.4 Å². The highest BCUT2D eigenvalue weighted by Gasteiger charge is 2.13. The van der Waals surface area contributed by atoms with E-state index in [2.05, 4.69) is 37.5 Å². The molecule has 0 unspecified atom stereocenters. The normalized spacial score (nSPS) is 13.4. The summed E-state index contributed by atoms with van der Waals surface area (Å²) in [5.74, 6) is 0.391. The van der Waals surface area contributed by atoms with Crippen LogP contribution in [0.2, 0.25) is 0 Å². The Morgan fingerprint density at radius 3 is 2.65 bits per heavy atom. The summed E-state index contributed by atoms with van der Waals surface area (Å²) >= 11 is 8.66. The number of thiocarbonyl (C=S) groups is 1. The summed E-state index contributed by atoms with van der Waals surface area (Å²) in [5.41, 5.74) is 2.52. The fourth-order valence-corrected chi connectivity index (χ4v) is 3.65. The second-order valence-corrected chi connectivity index (χ2v) is 7.26. The number of ether oxygens (including phenoxy) is 1. The second kappa shape index (κ2) is 8.51. The van der Waals surface area contributed by atoms with E-state index < -0.39 is 0 Å². The van der Waals surface area contributed by atoms with Crippen LogP contribution >= 0.6 is 28.1 Å². The molecule has 5 nitrogen and oxygen atoms in total. The molecule has 0 bridgehead atoms. The molecule has 0 radical (unpaired) electrons. The van der Waals surface area contributed by atoms with Crippen molar-refractivity contribution in [3.63, 3.8) is 0 Å². The molecule has 2 aromatic rings. The lowest BCUT2D eigenvalue weighted by atomic mass is 10.2. The Kier molecular flexibility index (Phi) is 6.11. The first-order valence-corrected chi connectivity index (χ1v) is 9.58. The Morgan fingerprint density at radius 2 is 1.96 bits per heavy atom. The van der Waals surface area contributed by atoms with E-state index in [9.17, 15) is 4.79 Å². The van der Waals surface area contributed by atoms with Gasteiger partial charge in [0.15, 0.2) is 5.11 Å². The minimum absolute atomic E-state index is 0.264. The fraction of sp³-hybridized carbons (Fsp3) is 0.263. The number of hydrogen-bond acceptors (Lipinski definition) is 4. The van der Waals surface area contributed by atoms with Crippen molar-refractivity contribution in [1.29, 1.82) is 0 Å². The fourth-order valence-electron chi connectivity index (χ4n) is 2.90. The molecule has 0 aromatic heterocycles. The molecule has 1 amide bonds. The Morgan fingerprint density at radius 1 is 1.19 bits per heavy atom. The number of rotatable bonds is 4. The molecule has 1 saturated heterocycles. The number of carbonyl (C=O) groups is 1. The Bertz CT molecular complexity index is 822. The van der Waals surface area contributed by atoms with Crippen molar-refractivity contribution in [3.05, 3.63) is 52.5 Å². The lowest BCUT2D eigenvalue weighted by Gasteiger charge is -2.19. The highest BCUT2D eigenvalue weighted by atomic mass is 79.9. The van der Waals surface area contributed by atoms with Gasteiger partial charge < -0.3 is 15.0 Å². The molecule has 0 atom stereocenters. The maximum atomic E-state index is 12.4. The van der Waals surface area contributed by atoms with E-state index in [1.807, 2.05) is 18.2 Å². The van der Waals surface area contributed by atoms with Gasteiger partial charge in [-0.15, -0.1) is 0 Å². The van der Waals surface area contributed by atoms with Crippen molar-refractivity contribution in [2.45, 2.75) is 12.8 Å². The topological polar surface area (TPSA) is 53.6 Å². The summed E-state index contributed by atoms with van der Waals surface area (Å²) in [6, 6.07) is 13.2. The van der Waals surface area contributed by atoms with Gasteiger partial charge in [-0.25, -0.2) is 0 Å². The van der Waals surface area contributed by atoms with Gasteiger partial charge >= 0.3 is 0 Å². The molecule has 1 aliphatic rings. The van der Waals surface area contributed by atoms with Crippen molar-refractivity contribution in [1.82, 2.24) is 5.32 Å². The van der Waals surface area contributed by atoms with Gasteiger partial charge in [0.25, 0.3) is 5.91 Å². The van der Waals surface area contributed by atoms with Gasteiger partial charge in [0.2, 0.25) is 0 Å². The zero-order chi connectivity index (χ0) is 18.5. The van der Waals surface area contributed by atoms with Gasteiger partial charge in [0.05, 0.1) is 11.6 Å². The number of nitrogens with zero attached hydrogens (tertiary/aromatic N) is 1. The first kappa shape index (κ1) is 18.7. The molecule has 1 heterocycles. The minimum atomic E-state index is -0.276. The number of nitrogens with one attached hydrogen (secondary N) is 2. The average molecular weight is 434 g/mol. The highest BCUT2D eigenvalue weighted by molar-refractivity contribution is 9.10. The number of anilines is 2. The lowest BCUT2D eigenvalue weighted by Crippen LogP contribution is -2.34. The Hall–Kier alpha value is -2.12. The molecular weight excluding hydrogens is 414 g/mol. The van der Waals surface area contributed by atoms with Gasteiger partial charge in [-0.05, 0) is 77.4 Å². The standard InChI is InChI=1S/C19H20BrN3O2S/c1-25-17-8-7-13(11-16(17)20)18(24)22-19(26)21-14-5-4-6-15(12-14)23-9-2-3-10-23/h4-8,11-12H,2-3,9-10H2,1H3,(H2,21,22,24,26). The third-order valence-corrected chi connectivity index (χ3v) is 5.04. The Labute approximate surface area is 166 Å². The van der Waals surface area contributed by atoms with Crippen molar-refractivity contribution in [2.24, 2.45) is 0 Å². The highest BCUT2D eigenvalue weighted by Crippen LogP contribution is 2.26. The van der Waals surface area contributed by atoms with Crippen molar-refractivity contribution < 1.29 is 9.53 Å². The van der Waals surface area contributed by atoms with E-state index >= 15 is 0 Å². The van der Waals surface area contributed by atoms with Gasteiger partial charge in [-0.1, -0.05) is 6.07 Å². The molecule has 2 N–H and O–H groups in total. The number of halogens is 1. The number of methoxy groups -OCH3 is 1. The van der Waals surface area contributed by atoms with Gasteiger partial charge in [-0.3, -0.25) is 10.1 Å². The second-order valence-electron chi connectivity index (χ2n) is 6.00. The smallest absolute Gasteiger partial charge is 0.257 e. The first-order chi connectivity index (χ1) is 12.6. The molecule has 1 aliphatic heterocycles. The molecular formula is C19H20BrN3O2S. The van der Waals surface area contributed by atoms with E-state index in [1.165, 1.54) is 18.5 Å². The van der Waals surface area contributed by atoms with E-state index in [0.29, 0.717) is 15.8 Å². The first-order valence-electron chi connectivity index (χ1n) is 8.38. The van der Waals surface area contributed by atoms with Gasteiger partial charge in [0.1, 0.15) is 5.75 Å². The zero-order valence-corrected chi connectivity index (χ0v) is 16.8. The van der Waals surface area contributed by atoms with Crippen LogP contribution in [-0.2, 0) is 0 Å². The molecule has 1 fully saturated rings. The summed E-state index contributed by atoms with van der Waals surface area (Å²) in [6.45, 7) is 2.16. The summed E-state index contributed by atoms with van der Waals surface area (Å²) in [5, 5.41) is 6.05. The molecule has 0 saturated carbocycles. The maximum absolute atomic E-state index is 12.4. The SMILES string of the molecule is COc1ccc(C(=O)NC(=S)Nc2cccc(N3CCCC3)c2)cc1Br. The zero-order valence-electron chi connectivity index (χ0n) is 14.4. The van der Waals surface area contributed by atoms with Crippen molar-refractivity contribution in [3.8, 4) is 5.75 Å². The van der Waals surface area contributed by atoms with Crippen LogP contribution in [-0.4, -0.2) is 31.2 Å². The van der Waals surface area contributed by atoms with Crippen LogP contribution in [0.4, 0.5) is 11.4 Å². The molecule has 0 aliphatic carbocycles. The van der Waals surface area contributed by atoms with E-state index in [1.54, 1.807) is 25.3 Å². The summed E-state index contributed by atoms with van der Waals surface area (Å²) in [4.78, 5) is 14.7. The third-order valence-electron chi connectivity index (χ3n) is 4.22. The largest absolute Gasteiger partial charge is 0.496 e. The Balaban J connectivity index is 1.62. The van der Waals surface area contributed by atoms with Gasteiger partial charge in [-0.2, -0.15) is 0 Å². The van der Waals surface area contributed by atoms with Gasteiger partial charge in [0, 0.05) is 30.0 Å². The van der Waals surface area contributed by atoms with Crippen LogP contribution < -0.4 is 20.3 Å². The predicted octanol–water partition coefficient (Wildman–Crippen LogP) is 4.18. The van der Waals surface area contributed by atoms with E-state index in [-0.39, 0.29) is 11.0 Å². The maximum Gasteiger partial charge on any atom is 0.257 e. The third kappa shape index (κ3) is 4.53. The molecule has 26 heavy (non-hydrogen) atoms. The van der Waals surface area contributed by atoms with Crippen LogP contribution in [0.5, 0.6) is 5.75 Å². The number of hydrogen-bond donors (Lipinski definition) is 2. The molecule has 136 valence electrons. The molecule has 3 rings (SSSR count). The summed E-state index contributed by atoms with van der Waals surface area (Å²) in [7, 11) is 1.58. The van der Waals surface area contributed by atoms with Crippen molar-refractivity contribution >= 4 is 50.5 Å². The number of carbonyl (C=O) groups excluding carboxylic acids is 1. The van der Waals surface area contributed by atoms with Crippen LogP contribution in [0.15, 0.2) is 46.9 Å². The number of benzene rings is 2. The van der Waals surface area contributed by atoms with Crippen LogP contribution in [0.3, 0.4) is 0 Å². The summed E-state index contributed by atoms with van der Waals surface area (Å²) in [6.07, 6.45) is 2.45. The lowest BCUT2D eigenvalue weighted by molar-refractivity contribution is 0.0977.